The van der Waals surface area contributed by atoms with Crippen molar-refractivity contribution in [2.45, 2.75) is 6.92 Å². The summed E-state index contributed by atoms with van der Waals surface area (Å²) < 4.78 is 12.9. The molecular formula is C13H12FN3O3. The van der Waals surface area contributed by atoms with Crippen LogP contribution in [0.5, 0.6) is 0 Å². The Labute approximate surface area is 114 Å². The second-order valence-electron chi connectivity index (χ2n) is 3.80. The minimum Gasteiger partial charge on any atom is -0.326 e. The van der Waals surface area contributed by atoms with Crippen LogP contribution in [0.15, 0.2) is 24.3 Å². The average Bonchev–Trinajstić information content (AvgIpc) is 2.42. The van der Waals surface area contributed by atoms with Gasteiger partial charge in [-0.3, -0.25) is 14.9 Å². The first-order chi connectivity index (χ1) is 9.49. The molecule has 0 fully saturated rings. The number of amides is 1. The van der Waals surface area contributed by atoms with Gasteiger partial charge < -0.3 is 4.90 Å². The van der Waals surface area contributed by atoms with Crippen LogP contribution in [0.3, 0.4) is 0 Å². The van der Waals surface area contributed by atoms with E-state index in [1.807, 2.05) is 6.07 Å². The topological polar surface area (TPSA) is 87.2 Å². The van der Waals surface area contributed by atoms with Crippen molar-refractivity contribution in [3.05, 3.63) is 45.8 Å². The number of hydrogen-bond acceptors (Lipinski definition) is 4. The molecule has 0 aromatic heterocycles. The van der Waals surface area contributed by atoms with E-state index in [9.17, 15) is 19.3 Å². The van der Waals surface area contributed by atoms with Gasteiger partial charge in [0.2, 0.25) is 5.91 Å². The molecule has 1 aromatic carbocycles. The molecule has 6 nitrogen and oxygen atoms in total. The molecule has 1 aromatic rings. The molecule has 0 saturated heterocycles. The van der Waals surface area contributed by atoms with E-state index < -0.39 is 22.3 Å². The molecule has 7 heteroatoms. The van der Waals surface area contributed by atoms with Crippen LogP contribution < -0.4 is 0 Å². The minimum absolute atomic E-state index is 0.0643. The zero-order chi connectivity index (χ0) is 15.1. The number of benzene rings is 1. The fraction of sp³-hybridized carbons (Fsp3) is 0.231. The molecule has 0 atom stereocenters. The SMILES string of the molecule is CCN(CC#N)C(=O)C=Cc1ccc(F)cc1[N+](=O)[O-]. The smallest absolute Gasteiger partial charge is 0.279 e. The van der Waals surface area contributed by atoms with Gasteiger partial charge in [-0.15, -0.1) is 0 Å². The first-order valence-electron chi connectivity index (χ1n) is 5.77. The number of nitro groups is 1. The third-order valence-corrected chi connectivity index (χ3v) is 2.55. The van der Waals surface area contributed by atoms with Crippen molar-refractivity contribution in [2.24, 2.45) is 0 Å². The van der Waals surface area contributed by atoms with E-state index in [4.69, 9.17) is 5.26 Å². The van der Waals surface area contributed by atoms with Gasteiger partial charge in [0.1, 0.15) is 12.4 Å². The maximum atomic E-state index is 12.9. The number of carbonyl (C=O) groups is 1. The highest BCUT2D eigenvalue weighted by atomic mass is 19.1. The molecule has 0 aliphatic rings. The zero-order valence-corrected chi connectivity index (χ0v) is 10.7. The summed E-state index contributed by atoms with van der Waals surface area (Å²) >= 11 is 0. The molecule has 104 valence electrons. The Morgan fingerprint density at radius 2 is 2.30 bits per heavy atom. The second-order valence-corrected chi connectivity index (χ2v) is 3.80. The van der Waals surface area contributed by atoms with Gasteiger partial charge in [-0.25, -0.2) is 4.39 Å². The number of likely N-dealkylation sites (N-methyl/N-ethyl adjacent to an activating group) is 1. The summed E-state index contributed by atoms with van der Waals surface area (Å²) in [6.07, 6.45) is 2.36. The van der Waals surface area contributed by atoms with Crippen molar-refractivity contribution in [3.8, 4) is 6.07 Å². The molecule has 0 saturated carbocycles. The Morgan fingerprint density at radius 1 is 1.60 bits per heavy atom. The minimum atomic E-state index is -0.722. The molecule has 0 N–H and O–H groups in total. The van der Waals surface area contributed by atoms with Crippen molar-refractivity contribution in [1.29, 1.82) is 5.26 Å². The van der Waals surface area contributed by atoms with Crippen LogP contribution in [0.1, 0.15) is 12.5 Å². The summed E-state index contributed by atoms with van der Waals surface area (Å²) in [7, 11) is 0. The summed E-state index contributed by atoms with van der Waals surface area (Å²) in [5, 5.41) is 19.3. The summed E-state index contributed by atoms with van der Waals surface area (Å²) in [5.41, 5.74) is -0.296. The number of hydrogen-bond donors (Lipinski definition) is 0. The number of nitriles is 1. The Balaban J connectivity index is 2.98. The quantitative estimate of drug-likeness (QED) is 0.357. The highest BCUT2D eigenvalue weighted by molar-refractivity contribution is 5.92. The van der Waals surface area contributed by atoms with Gasteiger partial charge >= 0.3 is 0 Å². The number of halogens is 1. The normalized spacial score (nSPS) is 10.2. The van der Waals surface area contributed by atoms with Crippen molar-refractivity contribution in [2.75, 3.05) is 13.1 Å². The molecule has 0 spiro atoms. The van der Waals surface area contributed by atoms with Gasteiger partial charge in [0, 0.05) is 12.6 Å². The molecule has 0 unspecified atom stereocenters. The van der Waals surface area contributed by atoms with E-state index >= 15 is 0 Å². The predicted molar refractivity (Wildman–Crippen MR) is 70.0 cm³/mol. The van der Waals surface area contributed by atoms with Gasteiger partial charge in [-0.2, -0.15) is 5.26 Å². The van der Waals surface area contributed by atoms with Crippen molar-refractivity contribution >= 4 is 17.7 Å². The molecule has 0 heterocycles. The molecule has 1 rings (SSSR count). The molecule has 0 aliphatic heterocycles. The first kappa shape index (κ1) is 15.3. The van der Waals surface area contributed by atoms with Crippen LogP contribution in [0.25, 0.3) is 6.08 Å². The van der Waals surface area contributed by atoms with Crippen molar-refractivity contribution in [1.82, 2.24) is 4.90 Å². The lowest BCUT2D eigenvalue weighted by atomic mass is 10.1. The number of nitrogens with zero attached hydrogens (tertiary/aromatic N) is 3. The van der Waals surface area contributed by atoms with E-state index in [1.54, 1.807) is 6.92 Å². The zero-order valence-electron chi connectivity index (χ0n) is 10.7. The highest BCUT2D eigenvalue weighted by Crippen LogP contribution is 2.21. The first-order valence-corrected chi connectivity index (χ1v) is 5.77. The number of carbonyl (C=O) groups excluding carboxylic acids is 1. The summed E-state index contributed by atoms with van der Waals surface area (Å²) in [4.78, 5) is 23.1. The molecule has 0 aliphatic carbocycles. The lowest BCUT2D eigenvalue weighted by molar-refractivity contribution is -0.385. The third-order valence-electron chi connectivity index (χ3n) is 2.55. The summed E-state index contributed by atoms with van der Waals surface area (Å²) in [6.45, 7) is 2.00. The van der Waals surface area contributed by atoms with E-state index in [-0.39, 0.29) is 12.1 Å². The average molecular weight is 277 g/mol. The molecular weight excluding hydrogens is 265 g/mol. The van der Waals surface area contributed by atoms with Crippen LogP contribution in [0, 0.1) is 27.3 Å². The van der Waals surface area contributed by atoms with Crippen molar-refractivity contribution in [3.63, 3.8) is 0 Å². The standard InChI is InChI=1S/C13H12FN3O3/c1-2-16(8-7-15)13(18)6-4-10-3-5-11(14)9-12(10)17(19)20/h3-6,9H,2,8H2,1H3. The monoisotopic (exact) mass is 277 g/mol. The second kappa shape index (κ2) is 6.99. The largest absolute Gasteiger partial charge is 0.326 e. The van der Waals surface area contributed by atoms with E-state index in [0.29, 0.717) is 6.54 Å². The van der Waals surface area contributed by atoms with Crippen LogP contribution in [0.2, 0.25) is 0 Å². The fourth-order valence-electron chi connectivity index (χ4n) is 1.51. The Bertz CT molecular complexity index is 593. The van der Waals surface area contributed by atoms with E-state index in [0.717, 1.165) is 18.2 Å². The van der Waals surface area contributed by atoms with Crippen LogP contribution in [-0.2, 0) is 4.79 Å². The number of rotatable bonds is 5. The summed E-state index contributed by atoms with van der Waals surface area (Å²) in [6, 6.07) is 4.93. The lowest BCUT2D eigenvalue weighted by Crippen LogP contribution is -2.29. The van der Waals surface area contributed by atoms with E-state index in [2.05, 4.69) is 0 Å². The van der Waals surface area contributed by atoms with Crippen LogP contribution in [0.4, 0.5) is 10.1 Å². The Morgan fingerprint density at radius 3 is 2.85 bits per heavy atom. The number of nitro benzene ring substituents is 1. The Kier molecular flexibility index (Phi) is 5.35. The molecule has 1 amide bonds. The third kappa shape index (κ3) is 3.88. The lowest BCUT2D eigenvalue weighted by Gasteiger charge is -2.14. The maximum absolute atomic E-state index is 12.9. The van der Waals surface area contributed by atoms with Gasteiger partial charge in [0.15, 0.2) is 0 Å². The van der Waals surface area contributed by atoms with Gasteiger partial charge in [0.05, 0.1) is 22.6 Å². The van der Waals surface area contributed by atoms with Crippen LogP contribution >= 0.6 is 0 Å². The van der Waals surface area contributed by atoms with E-state index in [1.165, 1.54) is 17.0 Å². The summed E-state index contributed by atoms with van der Waals surface area (Å²) in [5.74, 6) is -1.16. The maximum Gasteiger partial charge on any atom is 0.279 e. The molecule has 0 bridgehead atoms. The molecule has 0 radical (unpaired) electrons. The van der Waals surface area contributed by atoms with Crippen molar-refractivity contribution < 1.29 is 14.1 Å². The van der Waals surface area contributed by atoms with Crippen LogP contribution in [-0.4, -0.2) is 28.8 Å². The highest BCUT2D eigenvalue weighted by Gasteiger charge is 2.13. The fourth-order valence-corrected chi connectivity index (χ4v) is 1.51. The molecule has 20 heavy (non-hydrogen) atoms. The van der Waals surface area contributed by atoms with Gasteiger partial charge in [-0.1, -0.05) is 0 Å². The van der Waals surface area contributed by atoms with Gasteiger partial charge in [-0.05, 0) is 25.1 Å². The van der Waals surface area contributed by atoms with Gasteiger partial charge in [0.25, 0.3) is 5.69 Å². The Hall–Kier alpha value is -2.75. The predicted octanol–water partition coefficient (Wildman–Crippen LogP) is 2.12.